The zero-order valence-corrected chi connectivity index (χ0v) is 12.6. The van der Waals surface area contributed by atoms with Gasteiger partial charge < -0.3 is 0 Å². The number of sulfonamides is 1. The van der Waals surface area contributed by atoms with Crippen molar-refractivity contribution in [2.75, 3.05) is 0 Å². The number of thiophene rings is 1. The Morgan fingerprint density at radius 1 is 1.21 bits per heavy atom. The molecule has 0 saturated heterocycles. The zero-order valence-electron chi connectivity index (χ0n) is 11.0. The van der Waals surface area contributed by atoms with Crippen molar-refractivity contribution >= 4 is 21.4 Å². The molecule has 102 valence electrons. The molecular weight excluding hydrogens is 278 g/mol. The Morgan fingerprint density at radius 2 is 1.89 bits per heavy atom. The molecule has 0 amide bonds. The molecule has 3 nitrogen and oxygen atoms in total. The van der Waals surface area contributed by atoms with E-state index < -0.39 is 10.0 Å². The van der Waals surface area contributed by atoms with E-state index in [4.69, 9.17) is 0 Å². The van der Waals surface area contributed by atoms with Crippen LogP contribution in [0.1, 0.15) is 30.5 Å². The highest BCUT2D eigenvalue weighted by atomic mass is 32.2. The van der Waals surface area contributed by atoms with Gasteiger partial charge in [-0.25, -0.2) is 13.1 Å². The molecule has 0 aliphatic heterocycles. The van der Waals surface area contributed by atoms with Crippen LogP contribution < -0.4 is 4.72 Å². The second-order valence-corrected chi connectivity index (χ2v) is 7.31. The van der Waals surface area contributed by atoms with Gasteiger partial charge in [-0.2, -0.15) is 0 Å². The molecule has 0 bridgehead atoms. The summed E-state index contributed by atoms with van der Waals surface area (Å²) in [5.74, 6) is 0. The van der Waals surface area contributed by atoms with Gasteiger partial charge >= 0.3 is 0 Å². The Bertz CT molecular complexity index is 616. The molecule has 1 aromatic carbocycles. The minimum atomic E-state index is -3.42. The molecule has 1 atom stereocenters. The second kappa shape index (κ2) is 5.86. The fourth-order valence-electron chi connectivity index (χ4n) is 1.85. The van der Waals surface area contributed by atoms with E-state index in [1.807, 2.05) is 38.1 Å². The van der Waals surface area contributed by atoms with E-state index in [0.29, 0.717) is 10.6 Å². The van der Waals surface area contributed by atoms with Crippen LogP contribution >= 0.6 is 11.3 Å². The van der Waals surface area contributed by atoms with Gasteiger partial charge in [0.2, 0.25) is 0 Å². The van der Waals surface area contributed by atoms with Gasteiger partial charge in [0.15, 0.2) is 0 Å². The van der Waals surface area contributed by atoms with E-state index in [-0.39, 0.29) is 6.04 Å². The molecule has 0 spiro atoms. The second-order valence-electron chi connectivity index (χ2n) is 4.42. The molecule has 0 aliphatic rings. The van der Waals surface area contributed by atoms with Gasteiger partial charge in [0.05, 0.1) is 0 Å². The summed E-state index contributed by atoms with van der Waals surface area (Å²) in [4.78, 5) is 0. The van der Waals surface area contributed by atoms with Crippen molar-refractivity contribution in [2.24, 2.45) is 0 Å². The Hall–Kier alpha value is -1.17. The maximum atomic E-state index is 12.2. The SMILES string of the molecule is CC[C@@H](NS(=O)(=O)c1cccs1)c1ccc(C)cc1. The van der Waals surface area contributed by atoms with Crippen LogP contribution in [-0.2, 0) is 10.0 Å². The predicted octanol–water partition coefficient (Wildman–Crippen LogP) is 3.49. The van der Waals surface area contributed by atoms with Crippen molar-refractivity contribution < 1.29 is 8.42 Å². The van der Waals surface area contributed by atoms with Crippen molar-refractivity contribution in [3.05, 3.63) is 52.9 Å². The third kappa shape index (κ3) is 3.43. The summed E-state index contributed by atoms with van der Waals surface area (Å²) in [7, 11) is -3.42. The molecule has 5 heteroatoms. The fraction of sp³-hybridized carbons (Fsp3) is 0.286. The summed E-state index contributed by atoms with van der Waals surface area (Å²) in [5, 5.41) is 1.77. The summed E-state index contributed by atoms with van der Waals surface area (Å²) in [6.45, 7) is 3.99. The van der Waals surface area contributed by atoms with Gasteiger partial charge in [-0.1, -0.05) is 42.8 Å². The lowest BCUT2D eigenvalue weighted by atomic mass is 10.0. The molecule has 1 aromatic heterocycles. The maximum Gasteiger partial charge on any atom is 0.250 e. The third-order valence-electron chi connectivity index (χ3n) is 2.95. The van der Waals surface area contributed by atoms with Crippen LogP contribution in [0.25, 0.3) is 0 Å². The van der Waals surface area contributed by atoms with Crippen molar-refractivity contribution in [3.8, 4) is 0 Å². The molecule has 19 heavy (non-hydrogen) atoms. The standard InChI is InChI=1S/C14H17NO2S2/c1-3-13(12-8-6-11(2)7-9-12)15-19(16,17)14-5-4-10-18-14/h4-10,13,15H,3H2,1-2H3/t13-/m1/s1. The van der Waals surface area contributed by atoms with Gasteiger partial charge in [-0.05, 0) is 30.4 Å². The zero-order chi connectivity index (χ0) is 13.9. The van der Waals surface area contributed by atoms with E-state index in [0.717, 1.165) is 5.56 Å². The van der Waals surface area contributed by atoms with Crippen LogP contribution in [-0.4, -0.2) is 8.42 Å². The molecule has 0 unspecified atom stereocenters. The fourth-order valence-corrected chi connectivity index (χ4v) is 4.16. The third-order valence-corrected chi connectivity index (χ3v) is 5.81. The number of benzene rings is 1. The van der Waals surface area contributed by atoms with Crippen LogP contribution in [0.2, 0.25) is 0 Å². The lowest BCUT2D eigenvalue weighted by Crippen LogP contribution is -2.27. The summed E-state index contributed by atoms with van der Waals surface area (Å²) in [6, 6.07) is 11.1. The quantitative estimate of drug-likeness (QED) is 0.918. The van der Waals surface area contributed by atoms with Crippen LogP contribution in [0.4, 0.5) is 0 Å². The highest BCUT2D eigenvalue weighted by Gasteiger charge is 2.20. The lowest BCUT2D eigenvalue weighted by Gasteiger charge is -2.17. The largest absolute Gasteiger partial charge is 0.250 e. The number of rotatable bonds is 5. The molecule has 2 rings (SSSR count). The van der Waals surface area contributed by atoms with Crippen molar-refractivity contribution in [1.29, 1.82) is 0 Å². The Labute approximate surface area is 118 Å². The van der Waals surface area contributed by atoms with Crippen LogP contribution in [0, 0.1) is 6.92 Å². The monoisotopic (exact) mass is 295 g/mol. The van der Waals surface area contributed by atoms with Crippen LogP contribution in [0.3, 0.4) is 0 Å². The Morgan fingerprint density at radius 3 is 2.42 bits per heavy atom. The van der Waals surface area contributed by atoms with E-state index >= 15 is 0 Å². The average molecular weight is 295 g/mol. The van der Waals surface area contributed by atoms with E-state index in [2.05, 4.69) is 4.72 Å². The minimum Gasteiger partial charge on any atom is -0.206 e. The normalized spacial score (nSPS) is 13.4. The molecule has 0 radical (unpaired) electrons. The van der Waals surface area contributed by atoms with Gasteiger partial charge in [-0.15, -0.1) is 11.3 Å². The number of aryl methyl sites for hydroxylation is 1. The van der Waals surface area contributed by atoms with Gasteiger partial charge in [0.25, 0.3) is 10.0 Å². The van der Waals surface area contributed by atoms with Crippen LogP contribution in [0.5, 0.6) is 0 Å². The molecule has 0 saturated carbocycles. The summed E-state index contributed by atoms with van der Waals surface area (Å²) in [6.07, 6.45) is 0.716. The van der Waals surface area contributed by atoms with E-state index in [1.165, 1.54) is 16.9 Å². The summed E-state index contributed by atoms with van der Waals surface area (Å²) < 4.78 is 27.5. The van der Waals surface area contributed by atoms with Crippen molar-refractivity contribution in [2.45, 2.75) is 30.5 Å². The van der Waals surface area contributed by atoms with Gasteiger partial charge in [-0.3, -0.25) is 0 Å². The van der Waals surface area contributed by atoms with Gasteiger partial charge in [0, 0.05) is 6.04 Å². The molecule has 2 aromatic rings. The molecule has 0 aliphatic carbocycles. The molecular formula is C14H17NO2S2. The van der Waals surface area contributed by atoms with Crippen molar-refractivity contribution in [3.63, 3.8) is 0 Å². The average Bonchev–Trinajstić information content (AvgIpc) is 2.92. The maximum absolute atomic E-state index is 12.2. The smallest absolute Gasteiger partial charge is 0.206 e. The van der Waals surface area contributed by atoms with Gasteiger partial charge in [0.1, 0.15) is 4.21 Å². The first-order valence-corrected chi connectivity index (χ1v) is 8.51. The topological polar surface area (TPSA) is 46.2 Å². The van der Waals surface area contributed by atoms with Crippen molar-refractivity contribution in [1.82, 2.24) is 4.72 Å². The first-order chi connectivity index (χ1) is 9.03. The Kier molecular flexibility index (Phi) is 4.39. The minimum absolute atomic E-state index is 0.187. The number of nitrogens with one attached hydrogen (secondary N) is 1. The molecule has 0 fully saturated rings. The Balaban J connectivity index is 2.22. The van der Waals surface area contributed by atoms with E-state index in [9.17, 15) is 8.42 Å². The highest BCUT2D eigenvalue weighted by molar-refractivity contribution is 7.91. The first-order valence-electron chi connectivity index (χ1n) is 6.15. The highest BCUT2D eigenvalue weighted by Crippen LogP contribution is 2.22. The van der Waals surface area contributed by atoms with Crippen LogP contribution in [0.15, 0.2) is 46.0 Å². The van der Waals surface area contributed by atoms with E-state index in [1.54, 1.807) is 17.5 Å². The molecule has 1 heterocycles. The number of hydrogen-bond acceptors (Lipinski definition) is 3. The summed E-state index contributed by atoms with van der Waals surface area (Å²) >= 11 is 1.23. The number of hydrogen-bond donors (Lipinski definition) is 1. The molecule has 1 N–H and O–H groups in total. The lowest BCUT2D eigenvalue weighted by molar-refractivity contribution is 0.552. The predicted molar refractivity (Wildman–Crippen MR) is 78.9 cm³/mol. The first kappa shape index (κ1) is 14.2. The summed E-state index contributed by atoms with van der Waals surface area (Å²) in [5.41, 5.74) is 2.16.